The van der Waals surface area contributed by atoms with Crippen molar-refractivity contribution < 1.29 is 27.4 Å². The van der Waals surface area contributed by atoms with Gasteiger partial charge in [-0.1, -0.05) is 56.2 Å². The van der Waals surface area contributed by atoms with Gasteiger partial charge in [0, 0.05) is 17.3 Å². The number of phenols is 1. The number of phenolic OH excluding ortho intramolecular Hbond substituents is 1. The molecule has 0 aliphatic carbocycles. The molecule has 9 heteroatoms. The van der Waals surface area contributed by atoms with Crippen LogP contribution in [0.5, 0.6) is 11.5 Å². The lowest BCUT2D eigenvalue weighted by molar-refractivity contribution is -0.118. The first-order valence-corrected chi connectivity index (χ1v) is 14.4. The van der Waals surface area contributed by atoms with E-state index in [9.17, 15) is 18.3 Å². The second kappa shape index (κ2) is 10.4. The average molecular weight is 561 g/mol. The number of para-hydroxylation sites is 1. The number of allylic oxidation sites excluding steroid dienone is 1. The number of hydrogen-bond acceptors (Lipinski definition) is 6. The Bertz CT molecular complexity index is 1660. The van der Waals surface area contributed by atoms with Gasteiger partial charge >= 0.3 is 0 Å². The molecule has 206 valence electrons. The molecule has 0 saturated carbocycles. The summed E-state index contributed by atoms with van der Waals surface area (Å²) >= 11 is 0. The summed E-state index contributed by atoms with van der Waals surface area (Å²) in [6, 6.07) is 16.3. The molecule has 0 spiro atoms. The number of amides is 1. The summed E-state index contributed by atoms with van der Waals surface area (Å²) in [5.41, 5.74) is 0.760. The van der Waals surface area contributed by atoms with Crippen molar-refractivity contribution in [2.45, 2.75) is 32.7 Å². The van der Waals surface area contributed by atoms with Crippen molar-refractivity contribution in [1.29, 1.82) is 0 Å². The first-order chi connectivity index (χ1) is 19.0. The minimum atomic E-state index is -4.01. The summed E-state index contributed by atoms with van der Waals surface area (Å²) < 4.78 is 49.3. The third-order valence-corrected chi connectivity index (χ3v) is 9.29. The van der Waals surface area contributed by atoms with E-state index >= 15 is 4.39 Å². The maximum atomic E-state index is 15.9. The molecule has 7 nitrogen and oxygen atoms in total. The van der Waals surface area contributed by atoms with Crippen LogP contribution in [0, 0.1) is 23.6 Å². The Labute approximate surface area is 233 Å². The van der Waals surface area contributed by atoms with Gasteiger partial charge in [-0.05, 0) is 41.7 Å². The fraction of sp³-hybridized carbons (Fsp3) is 0.258. The standard InChI is InChI=1S/C31H29FN2O5S/c1-4-15-39-21-13-14-22(23(32)17-21)29-30-24(18-31(2,3)19-40(30,37)38)33-28-25(11-8-12-26(28)35)34(29)27(36)16-20-9-6-5-7-10-20/h1,5-14,17,29,33,35H,15-16,18-19H2,2-3H3. The highest BCUT2D eigenvalue weighted by Gasteiger charge is 2.47. The molecular weight excluding hydrogens is 531 g/mol. The topological polar surface area (TPSA) is 95.9 Å². The monoisotopic (exact) mass is 560 g/mol. The second-order valence-corrected chi connectivity index (χ2v) is 12.7. The van der Waals surface area contributed by atoms with Crippen molar-refractivity contribution >= 4 is 27.1 Å². The van der Waals surface area contributed by atoms with Gasteiger partial charge in [0.2, 0.25) is 5.91 Å². The number of rotatable bonds is 5. The van der Waals surface area contributed by atoms with Gasteiger partial charge in [-0.15, -0.1) is 6.42 Å². The zero-order valence-electron chi connectivity index (χ0n) is 22.1. The van der Waals surface area contributed by atoms with Crippen LogP contribution in [-0.2, 0) is 21.1 Å². The van der Waals surface area contributed by atoms with Gasteiger partial charge in [-0.3, -0.25) is 9.69 Å². The summed E-state index contributed by atoms with van der Waals surface area (Å²) in [4.78, 5) is 15.3. The smallest absolute Gasteiger partial charge is 0.232 e. The van der Waals surface area contributed by atoms with Crippen LogP contribution < -0.4 is 15.0 Å². The SMILES string of the molecule is C#CCOc1ccc(C2C3=C(CC(C)(C)CS3(=O)=O)Nc3c(O)cccc3N2C(=O)Cc2ccccc2)c(F)c1. The number of ether oxygens (including phenoxy) is 1. The fourth-order valence-corrected chi connectivity index (χ4v) is 7.82. The number of sulfone groups is 1. The molecule has 2 N–H and O–H groups in total. The van der Waals surface area contributed by atoms with E-state index in [1.165, 1.54) is 23.1 Å². The van der Waals surface area contributed by atoms with Crippen LogP contribution in [-0.4, -0.2) is 31.8 Å². The Morgan fingerprint density at radius 2 is 1.93 bits per heavy atom. The van der Waals surface area contributed by atoms with Crippen LogP contribution in [0.1, 0.15) is 37.4 Å². The summed E-state index contributed by atoms with van der Waals surface area (Å²) in [5, 5.41) is 14.0. The third-order valence-electron chi connectivity index (χ3n) is 6.99. The molecule has 0 fully saturated rings. The van der Waals surface area contributed by atoms with Crippen LogP contribution in [0.2, 0.25) is 0 Å². The number of carbonyl (C=O) groups excluding carboxylic acids is 1. The average Bonchev–Trinajstić information content (AvgIpc) is 3.02. The molecule has 2 aliphatic heterocycles. The molecule has 5 rings (SSSR count). The number of halogens is 1. The van der Waals surface area contributed by atoms with Crippen LogP contribution in [0.15, 0.2) is 77.3 Å². The minimum absolute atomic E-state index is 0.0248. The number of benzene rings is 3. The molecule has 40 heavy (non-hydrogen) atoms. The normalized spacial score (nSPS) is 18.9. The maximum Gasteiger partial charge on any atom is 0.232 e. The number of terminal acetylenes is 1. The van der Waals surface area contributed by atoms with Crippen molar-refractivity contribution in [3.8, 4) is 23.8 Å². The van der Waals surface area contributed by atoms with Crippen molar-refractivity contribution in [1.82, 2.24) is 0 Å². The van der Waals surface area contributed by atoms with E-state index in [2.05, 4.69) is 11.2 Å². The quantitative estimate of drug-likeness (QED) is 0.323. The van der Waals surface area contributed by atoms with E-state index in [1.54, 1.807) is 36.4 Å². The third kappa shape index (κ3) is 5.15. The lowest BCUT2D eigenvalue weighted by Gasteiger charge is -2.37. The van der Waals surface area contributed by atoms with Gasteiger partial charge in [0.1, 0.15) is 35.7 Å². The van der Waals surface area contributed by atoms with Gasteiger partial charge < -0.3 is 15.2 Å². The van der Waals surface area contributed by atoms with Crippen molar-refractivity contribution in [2.24, 2.45) is 5.41 Å². The van der Waals surface area contributed by atoms with E-state index in [-0.39, 0.29) is 52.1 Å². The maximum absolute atomic E-state index is 15.9. The van der Waals surface area contributed by atoms with E-state index in [0.717, 1.165) is 6.07 Å². The summed E-state index contributed by atoms with van der Waals surface area (Å²) in [5.74, 6) is 0.918. The number of carbonyl (C=O) groups is 1. The number of hydrogen-bond donors (Lipinski definition) is 2. The van der Waals surface area contributed by atoms with Gasteiger partial charge in [-0.2, -0.15) is 0 Å². The zero-order chi connectivity index (χ0) is 28.7. The molecule has 2 aliphatic rings. The predicted octanol–water partition coefficient (Wildman–Crippen LogP) is 5.34. The highest BCUT2D eigenvalue weighted by molar-refractivity contribution is 7.95. The highest BCUT2D eigenvalue weighted by atomic mass is 32.2. The molecule has 1 unspecified atom stereocenters. The minimum Gasteiger partial charge on any atom is -0.506 e. The summed E-state index contributed by atoms with van der Waals surface area (Å²) in [7, 11) is -4.01. The van der Waals surface area contributed by atoms with Gasteiger partial charge in [0.25, 0.3) is 0 Å². The van der Waals surface area contributed by atoms with Crippen LogP contribution >= 0.6 is 0 Å². The van der Waals surface area contributed by atoms with Gasteiger partial charge in [0.15, 0.2) is 9.84 Å². The predicted molar refractivity (Wildman–Crippen MR) is 152 cm³/mol. The molecule has 1 amide bonds. The lowest BCUT2D eigenvalue weighted by Crippen LogP contribution is -2.42. The number of fused-ring (bicyclic) bond motifs is 1. The van der Waals surface area contributed by atoms with Crippen LogP contribution in [0.4, 0.5) is 15.8 Å². The van der Waals surface area contributed by atoms with Gasteiger partial charge in [0.05, 0.1) is 22.8 Å². The Morgan fingerprint density at radius 3 is 2.62 bits per heavy atom. The van der Waals surface area contributed by atoms with Crippen molar-refractivity contribution in [2.75, 3.05) is 22.6 Å². The number of nitrogens with one attached hydrogen (secondary N) is 1. The molecule has 3 aromatic rings. The molecule has 0 aromatic heterocycles. The van der Waals surface area contributed by atoms with Crippen LogP contribution in [0.3, 0.4) is 0 Å². The van der Waals surface area contributed by atoms with E-state index in [0.29, 0.717) is 17.7 Å². The number of anilines is 2. The largest absolute Gasteiger partial charge is 0.506 e. The first-order valence-electron chi connectivity index (χ1n) is 12.8. The Morgan fingerprint density at radius 1 is 1.18 bits per heavy atom. The molecule has 0 saturated heterocycles. The zero-order valence-corrected chi connectivity index (χ0v) is 23.0. The Balaban J connectivity index is 1.78. The number of aromatic hydroxyl groups is 1. The summed E-state index contributed by atoms with van der Waals surface area (Å²) in [6.45, 7) is 3.59. The van der Waals surface area contributed by atoms with Crippen molar-refractivity contribution in [3.05, 3.63) is 94.3 Å². The first kappa shape index (κ1) is 27.3. The van der Waals surface area contributed by atoms with Crippen molar-refractivity contribution in [3.63, 3.8) is 0 Å². The highest BCUT2D eigenvalue weighted by Crippen LogP contribution is 2.51. The van der Waals surface area contributed by atoms with E-state index in [4.69, 9.17) is 11.2 Å². The lowest BCUT2D eigenvalue weighted by atomic mass is 9.88. The Hall–Kier alpha value is -4.29. The Kier molecular flexibility index (Phi) is 7.06. The summed E-state index contributed by atoms with van der Waals surface area (Å²) in [6.07, 6.45) is 5.49. The molecule has 0 radical (unpaired) electrons. The molecule has 3 aromatic carbocycles. The molecule has 0 bridgehead atoms. The number of nitrogens with zero attached hydrogens (tertiary/aromatic N) is 1. The van der Waals surface area contributed by atoms with E-state index < -0.39 is 33.0 Å². The second-order valence-electron chi connectivity index (χ2n) is 10.7. The van der Waals surface area contributed by atoms with E-state index in [1.807, 2.05) is 19.9 Å². The molecule has 1 atom stereocenters. The fourth-order valence-electron chi connectivity index (χ4n) is 5.46. The molecule has 2 heterocycles. The molecular formula is C31H29FN2O5S. The van der Waals surface area contributed by atoms with Gasteiger partial charge in [-0.25, -0.2) is 12.8 Å². The van der Waals surface area contributed by atoms with Crippen LogP contribution in [0.25, 0.3) is 0 Å².